The molecule has 4 nitrogen and oxygen atoms in total. The number of ether oxygens (including phenoxy) is 1. The van der Waals surface area contributed by atoms with Crippen molar-refractivity contribution in [3.63, 3.8) is 0 Å². The quantitative estimate of drug-likeness (QED) is 0.634. The summed E-state index contributed by atoms with van der Waals surface area (Å²) in [7, 11) is 0. The van der Waals surface area contributed by atoms with E-state index in [1.807, 2.05) is 62.4 Å². The van der Waals surface area contributed by atoms with E-state index in [0.717, 1.165) is 28.8 Å². The molecule has 2 aromatic rings. The average molecular weight is 335 g/mol. The van der Waals surface area contributed by atoms with Crippen LogP contribution in [0.4, 0.5) is 5.69 Å². The molecule has 0 saturated carbocycles. The summed E-state index contributed by atoms with van der Waals surface area (Å²) < 4.78 is 5.12. The van der Waals surface area contributed by atoms with Gasteiger partial charge >= 0.3 is 5.97 Å². The molecule has 2 aromatic carbocycles. The number of nitrogens with zero attached hydrogens (tertiary/aromatic N) is 1. The number of amides is 1. The summed E-state index contributed by atoms with van der Waals surface area (Å²) in [4.78, 5) is 26.1. The van der Waals surface area contributed by atoms with Gasteiger partial charge < -0.3 is 9.64 Å². The van der Waals surface area contributed by atoms with Gasteiger partial charge in [-0.2, -0.15) is 0 Å². The number of benzene rings is 2. The molecule has 1 aliphatic heterocycles. The van der Waals surface area contributed by atoms with Crippen molar-refractivity contribution in [3.05, 3.63) is 71.3 Å². The zero-order valence-electron chi connectivity index (χ0n) is 14.4. The maximum Gasteiger partial charge on any atom is 0.331 e. The molecule has 0 saturated heterocycles. The Morgan fingerprint density at radius 2 is 1.88 bits per heavy atom. The Bertz CT molecular complexity index is 825. The maximum absolute atomic E-state index is 12.5. The van der Waals surface area contributed by atoms with Gasteiger partial charge in [0.05, 0.1) is 0 Å². The van der Waals surface area contributed by atoms with E-state index >= 15 is 0 Å². The van der Waals surface area contributed by atoms with Crippen molar-refractivity contribution in [3.8, 4) is 0 Å². The molecule has 3 rings (SSSR count). The molecule has 1 amide bonds. The van der Waals surface area contributed by atoms with Crippen molar-refractivity contribution in [2.45, 2.75) is 26.3 Å². The highest BCUT2D eigenvalue weighted by Gasteiger charge is 2.30. The van der Waals surface area contributed by atoms with Crippen molar-refractivity contribution in [2.24, 2.45) is 0 Å². The van der Waals surface area contributed by atoms with Crippen LogP contribution in [0.3, 0.4) is 0 Å². The van der Waals surface area contributed by atoms with Crippen LogP contribution in [0.25, 0.3) is 6.08 Å². The third-order valence-corrected chi connectivity index (χ3v) is 4.40. The van der Waals surface area contributed by atoms with Crippen LogP contribution >= 0.6 is 0 Å². The van der Waals surface area contributed by atoms with E-state index < -0.39 is 5.97 Å². The zero-order valence-corrected chi connectivity index (χ0v) is 14.4. The summed E-state index contributed by atoms with van der Waals surface area (Å²) in [6.45, 7) is 3.72. The Labute approximate surface area is 147 Å². The lowest BCUT2D eigenvalue weighted by atomic mass is 10.1. The highest BCUT2D eigenvalue weighted by atomic mass is 16.5. The average Bonchev–Trinajstić information content (AvgIpc) is 2.94. The number of carbonyl (C=O) groups excluding carboxylic acids is 2. The summed E-state index contributed by atoms with van der Waals surface area (Å²) in [5.41, 5.74) is 4.08. The number of hydrogen-bond acceptors (Lipinski definition) is 3. The van der Waals surface area contributed by atoms with E-state index in [2.05, 4.69) is 0 Å². The van der Waals surface area contributed by atoms with E-state index in [9.17, 15) is 9.59 Å². The Balaban J connectivity index is 1.59. The fourth-order valence-electron chi connectivity index (χ4n) is 3.13. The normalized spacial score (nSPS) is 16.1. The van der Waals surface area contributed by atoms with Crippen LogP contribution in [0.5, 0.6) is 0 Å². The van der Waals surface area contributed by atoms with E-state index in [-0.39, 0.29) is 18.6 Å². The Hall–Kier alpha value is -2.88. The van der Waals surface area contributed by atoms with Gasteiger partial charge in [-0.05, 0) is 49.1 Å². The summed E-state index contributed by atoms with van der Waals surface area (Å²) in [6.07, 6.45) is 3.88. The summed E-state index contributed by atoms with van der Waals surface area (Å²) >= 11 is 0. The van der Waals surface area contributed by atoms with Crippen LogP contribution < -0.4 is 4.90 Å². The van der Waals surface area contributed by atoms with Gasteiger partial charge in [0.25, 0.3) is 5.91 Å². The van der Waals surface area contributed by atoms with Crippen molar-refractivity contribution < 1.29 is 14.3 Å². The van der Waals surface area contributed by atoms with E-state index in [0.29, 0.717) is 0 Å². The van der Waals surface area contributed by atoms with Gasteiger partial charge in [0.2, 0.25) is 0 Å². The van der Waals surface area contributed by atoms with Gasteiger partial charge in [-0.1, -0.05) is 42.5 Å². The summed E-state index contributed by atoms with van der Waals surface area (Å²) in [5, 5.41) is 0. The fraction of sp³-hybridized carbons (Fsp3) is 0.238. The lowest BCUT2D eigenvalue weighted by molar-refractivity contribution is -0.143. The van der Waals surface area contributed by atoms with E-state index in [4.69, 9.17) is 4.74 Å². The minimum atomic E-state index is -0.517. The highest BCUT2D eigenvalue weighted by molar-refractivity contribution is 5.98. The first kappa shape index (κ1) is 17.0. The number of rotatable bonds is 4. The third kappa shape index (κ3) is 3.79. The molecule has 0 aromatic heterocycles. The van der Waals surface area contributed by atoms with Crippen molar-refractivity contribution in [1.29, 1.82) is 0 Å². The monoisotopic (exact) mass is 335 g/mol. The Morgan fingerprint density at radius 1 is 1.16 bits per heavy atom. The smallest absolute Gasteiger partial charge is 0.331 e. The molecule has 1 heterocycles. The SMILES string of the molecule is Cc1ccccc1/C=C/C(=O)OCC(=O)N1c2ccccc2C[C@H]1C. The predicted octanol–water partition coefficient (Wildman–Crippen LogP) is 3.53. The molecule has 0 unspecified atom stereocenters. The molecule has 0 spiro atoms. The number of hydrogen-bond donors (Lipinski definition) is 0. The fourth-order valence-corrected chi connectivity index (χ4v) is 3.13. The molecule has 25 heavy (non-hydrogen) atoms. The molecule has 0 bridgehead atoms. The largest absolute Gasteiger partial charge is 0.452 e. The van der Waals surface area contributed by atoms with Crippen LogP contribution in [0, 0.1) is 6.92 Å². The minimum Gasteiger partial charge on any atom is -0.452 e. The second-order valence-corrected chi connectivity index (χ2v) is 6.24. The molecule has 0 radical (unpaired) electrons. The number of para-hydroxylation sites is 1. The first-order chi connectivity index (χ1) is 12.1. The van der Waals surface area contributed by atoms with Crippen LogP contribution in [-0.4, -0.2) is 24.5 Å². The van der Waals surface area contributed by atoms with Gasteiger partial charge in [0.15, 0.2) is 6.61 Å². The van der Waals surface area contributed by atoms with Gasteiger partial charge in [-0.3, -0.25) is 4.79 Å². The highest BCUT2D eigenvalue weighted by Crippen LogP contribution is 2.31. The molecule has 128 valence electrons. The number of fused-ring (bicyclic) bond motifs is 1. The Morgan fingerprint density at radius 3 is 2.68 bits per heavy atom. The molecule has 0 fully saturated rings. The van der Waals surface area contributed by atoms with Crippen molar-refractivity contribution in [1.82, 2.24) is 0 Å². The van der Waals surface area contributed by atoms with Gasteiger partial charge in [0.1, 0.15) is 0 Å². The Kier molecular flexibility index (Phi) is 4.98. The predicted molar refractivity (Wildman–Crippen MR) is 98.3 cm³/mol. The van der Waals surface area contributed by atoms with Crippen LogP contribution in [0.15, 0.2) is 54.6 Å². The minimum absolute atomic E-state index is 0.0751. The van der Waals surface area contributed by atoms with Crippen molar-refractivity contribution >= 4 is 23.6 Å². The first-order valence-electron chi connectivity index (χ1n) is 8.36. The van der Waals surface area contributed by atoms with Gasteiger partial charge in [0, 0.05) is 17.8 Å². The first-order valence-corrected chi connectivity index (χ1v) is 8.36. The number of aryl methyl sites for hydroxylation is 1. The second-order valence-electron chi connectivity index (χ2n) is 6.24. The molecule has 0 aliphatic carbocycles. The second kappa shape index (κ2) is 7.34. The summed E-state index contributed by atoms with van der Waals surface area (Å²) in [5.74, 6) is -0.716. The lowest BCUT2D eigenvalue weighted by Crippen LogP contribution is -2.38. The van der Waals surface area contributed by atoms with Crippen LogP contribution in [0.1, 0.15) is 23.6 Å². The molecular formula is C21H21NO3. The number of anilines is 1. The molecule has 1 aliphatic rings. The van der Waals surface area contributed by atoms with Gasteiger partial charge in [-0.15, -0.1) is 0 Å². The van der Waals surface area contributed by atoms with Gasteiger partial charge in [-0.25, -0.2) is 4.79 Å². The van der Waals surface area contributed by atoms with E-state index in [1.165, 1.54) is 6.08 Å². The molecular weight excluding hydrogens is 314 g/mol. The maximum atomic E-state index is 12.5. The van der Waals surface area contributed by atoms with Crippen LogP contribution in [0.2, 0.25) is 0 Å². The topological polar surface area (TPSA) is 46.6 Å². The zero-order chi connectivity index (χ0) is 17.8. The molecule has 0 N–H and O–H groups in total. The molecule has 1 atom stereocenters. The standard InChI is InChI=1S/C21H21NO3/c1-15-7-3-4-8-17(15)11-12-21(24)25-14-20(23)22-16(2)13-18-9-5-6-10-19(18)22/h3-12,16H,13-14H2,1-2H3/b12-11+/t16-/m1/s1. The number of esters is 1. The van der Waals surface area contributed by atoms with E-state index in [1.54, 1.807) is 11.0 Å². The lowest BCUT2D eigenvalue weighted by Gasteiger charge is -2.22. The molecule has 4 heteroatoms. The van der Waals surface area contributed by atoms with Crippen molar-refractivity contribution in [2.75, 3.05) is 11.5 Å². The summed E-state index contributed by atoms with van der Waals surface area (Å²) in [6, 6.07) is 15.7. The van der Waals surface area contributed by atoms with Crippen LogP contribution in [-0.2, 0) is 20.7 Å². The number of carbonyl (C=O) groups is 2. The third-order valence-electron chi connectivity index (χ3n) is 4.40.